The molecule has 2 aromatic rings. The monoisotopic (exact) mass is 473 g/mol. The number of nitrogens with zero attached hydrogens (tertiary/aromatic N) is 2. The van der Waals surface area contributed by atoms with Gasteiger partial charge in [-0.3, -0.25) is 9.69 Å². The van der Waals surface area contributed by atoms with E-state index in [2.05, 4.69) is 16.3 Å². The molecule has 0 radical (unpaired) electrons. The fourth-order valence-corrected chi connectivity index (χ4v) is 4.68. The van der Waals surface area contributed by atoms with Gasteiger partial charge in [0.05, 0.1) is 0 Å². The zero-order valence-corrected chi connectivity index (χ0v) is 19.3. The summed E-state index contributed by atoms with van der Waals surface area (Å²) in [5.41, 5.74) is 3.32. The van der Waals surface area contributed by atoms with Crippen molar-refractivity contribution >= 4 is 36.4 Å². The Morgan fingerprint density at radius 3 is 2.60 bits per heavy atom. The molecule has 0 spiro atoms. The van der Waals surface area contributed by atoms with Gasteiger partial charge in [0.25, 0.3) is 5.56 Å². The minimum Gasteiger partial charge on any atom is -0.396 e. The summed E-state index contributed by atoms with van der Waals surface area (Å²) in [7, 11) is 0. The van der Waals surface area contributed by atoms with Crippen LogP contribution in [-0.4, -0.2) is 40.8 Å². The molecule has 1 aromatic carbocycles. The molecular formula is C22H30Cl3N3O2. The summed E-state index contributed by atoms with van der Waals surface area (Å²) in [6.07, 6.45) is 1.88. The van der Waals surface area contributed by atoms with E-state index in [1.54, 1.807) is 0 Å². The van der Waals surface area contributed by atoms with Gasteiger partial charge in [-0.05, 0) is 49.1 Å². The van der Waals surface area contributed by atoms with Crippen LogP contribution in [0, 0.1) is 5.92 Å². The van der Waals surface area contributed by atoms with Crippen LogP contribution in [0.25, 0.3) is 0 Å². The van der Waals surface area contributed by atoms with Gasteiger partial charge in [0.2, 0.25) is 0 Å². The summed E-state index contributed by atoms with van der Waals surface area (Å²) in [5, 5.41) is 13.5. The van der Waals surface area contributed by atoms with Crippen molar-refractivity contribution in [1.82, 2.24) is 14.8 Å². The normalized spacial score (nSPS) is 19.6. The van der Waals surface area contributed by atoms with Gasteiger partial charge in [0.15, 0.2) is 0 Å². The van der Waals surface area contributed by atoms with Crippen molar-refractivity contribution in [2.24, 2.45) is 5.92 Å². The highest BCUT2D eigenvalue weighted by atomic mass is 35.5. The SMILES string of the molecule is Cl.Cl.O=c1c(CN(CCCO)Cc2ccc(Cl)cc2)ccc2n1C[C@@H]1CNC[C@H]2C1. The number of rotatable bonds is 7. The zero-order valence-electron chi connectivity index (χ0n) is 16.9. The van der Waals surface area contributed by atoms with E-state index in [-0.39, 0.29) is 37.0 Å². The minimum absolute atomic E-state index is 0. The molecular weight excluding hydrogens is 445 g/mol. The van der Waals surface area contributed by atoms with Gasteiger partial charge in [0, 0.05) is 61.5 Å². The second-order valence-electron chi connectivity index (χ2n) is 8.07. The Hall–Kier alpha value is -1.08. The van der Waals surface area contributed by atoms with Gasteiger partial charge in [-0.2, -0.15) is 0 Å². The maximum Gasteiger partial charge on any atom is 0.255 e. The van der Waals surface area contributed by atoms with Crippen molar-refractivity contribution < 1.29 is 5.11 Å². The number of hydrogen-bond donors (Lipinski definition) is 2. The molecule has 0 unspecified atom stereocenters. The van der Waals surface area contributed by atoms with Crippen molar-refractivity contribution in [3.63, 3.8) is 0 Å². The summed E-state index contributed by atoms with van der Waals surface area (Å²) >= 11 is 5.99. The van der Waals surface area contributed by atoms with Crippen LogP contribution in [0.5, 0.6) is 0 Å². The van der Waals surface area contributed by atoms with Crippen LogP contribution in [0.2, 0.25) is 5.02 Å². The number of piperidine rings is 1. The van der Waals surface area contributed by atoms with E-state index >= 15 is 0 Å². The standard InChI is InChI=1S/C22H28ClN3O2.2ClH/c23-20-5-2-16(3-6-20)13-25(8-1-9-27)15-18-4-7-21-19-10-17(11-24-12-19)14-26(21)22(18)28;;/h2-7,17,19,24,27H,1,8-15H2;2*1H/t17-,19+;;/m0../s1. The molecule has 4 rings (SSSR count). The molecule has 2 N–H and O–H groups in total. The third kappa shape index (κ3) is 5.78. The van der Waals surface area contributed by atoms with Gasteiger partial charge in [-0.25, -0.2) is 0 Å². The molecule has 1 saturated heterocycles. The Labute approximate surface area is 195 Å². The molecule has 0 aliphatic carbocycles. The highest BCUT2D eigenvalue weighted by Gasteiger charge is 2.31. The number of benzene rings is 1. The number of fused-ring (bicyclic) bond motifs is 4. The van der Waals surface area contributed by atoms with Crippen molar-refractivity contribution in [2.45, 2.75) is 38.4 Å². The first-order chi connectivity index (χ1) is 13.6. The molecule has 2 aliphatic rings. The predicted octanol–water partition coefficient (Wildman–Crippen LogP) is 3.44. The maximum atomic E-state index is 13.2. The molecule has 30 heavy (non-hydrogen) atoms. The molecule has 0 amide bonds. The first-order valence-corrected chi connectivity index (χ1v) is 10.5. The Bertz CT molecular complexity index is 873. The first kappa shape index (κ1) is 25.2. The van der Waals surface area contributed by atoms with E-state index in [0.29, 0.717) is 24.8 Å². The Kier molecular flexibility index (Phi) is 9.67. The first-order valence-electron chi connectivity index (χ1n) is 10.1. The van der Waals surface area contributed by atoms with E-state index in [1.165, 1.54) is 12.1 Å². The summed E-state index contributed by atoms with van der Waals surface area (Å²) in [5.74, 6) is 1.01. The van der Waals surface area contributed by atoms with Gasteiger partial charge in [0.1, 0.15) is 0 Å². The highest BCUT2D eigenvalue weighted by molar-refractivity contribution is 6.30. The summed E-state index contributed by atoms with van der Waals surface area (Å²) < 4.78 is 2.02. The average Bonchev–Trinajstić information content (AvgIpc) is 2.70. The van der Waals surface area contributed by atoms with E-state index in [0.717, 1.165) is 48.9 Å². The number of aromatic nitrogens is 1. The molecule has 5 nitrogen and oxygen atoms in total. The molecule has 3 heterocycles. The van der Waals surface area contributed by atoms with E-state index < -0.39 is 0 Å². The van der Waals surface area contributed by atoms with Crippen molar-refractivity contribution in [3.05, 3.63) is 68.6 Å². The Morgan fingerprint density at radius 1 is 1.10 bits per heavy atom. The van der Waals surface area contributed by atoms with Crippen molar-refractivity contribution in [1.29, 1.82) is 0 Å². The lowest BCUT2D eigenvalue weighted by Gasteiger charge is -2.37. The fourth-order valence-electron chi connectivity index (χ4n) is 4.55. The largest absolute Gasteiger partial charge is 0.396 e. The van der Waals surface area contributed by atoms with Crippen molar-refractivity contribution in [2.75, 3.05) is 26.2 Å². The molecule has 2 atom stereocenters. The van der Waals surface area contributed by atoms with Gasteiger partial charge >= 0.3 is 0 Å². The minimum atomic E-state index is 0. The lowest BCUT2D eigenvalue weighted by molar-refractivity contribution is 0.210. The van der Waals surface area contributed by atoms with Crippen LogP contribution in [0.1, 0.15) is 35.6 Å². The summed E-state index contributed by atoms with van der Waals surface area (Å²) in [4.78, 5) is 15.4. The van der Waals surface area contributed by atoms with Crippen LogP contribution in [0.3, 0.4) is 0 Å². The highest BCUT2D eigenvalue weighted by Crippen LogP contribution is 2.31. The van der Waals surface area contributed by atoms with E-state index in [1.807, 2.05) is 34.9 Å². The molecule has 0 saturated carbocycles. The number of hydrogen-bond acceptors (Lipinski definition) is 4. The van der Waals surface area contributed by atoms with E-state index in [9.17, 15) is 9.90 Å². The smallest absolute Gasteiger partial charge is 0.255 e. The van der Waals surface area contributed by atoms with Gasteiger partial charge < -0.3 is 15.0 Å². The van der Waals surface area contributed by atoms with Crippen LogP contribution < -0.4 is 10.9 Å². The third-order valence-corrected chi connectivity index (χ3v) is 6.19. The van der Waals surface area contributed by atoms with Crippen LogP contribution in [0.4, 0.5) is 0 Å². The molecule has 1 aromatic heterocycles. The van der Waals surface area contributed by atoms with Gasteiger partial charge in [-0.15, -0.1) is 24.8 Å². The molecule has 2 aliphatic heterocycles. The zero-order chi connectivity index (χ0) is 19.5. The Morgan fingerprint density at radius 2 is 1.87 bits per heavy atom. The topological polar surface area (TPSA) is 57.5 Å². The number of nitrogens with one attached hydrogen (secondary N) is 1. The fraction of sp³-hybridized carbons (Fsp3) is 0.500. The summed E-state index contributed by atoms with van der Waals surface area (Å²) in [6.45, 7) is 5.01. The van der Waals surface area contributed by atoms with Gasteiger partial charge in [-0.1, -0.05) is 29.8 Å². The van der Waals surface area contributed by atoms with Crippen LogP contribution in [0.15, 0.2) is 41.2 Å². The quantitative estimate of drug-likeness (QED) is 0.645. The number of pyridine rings is 1. The Balaban J connectivity index is 0.00000160. The van der Waals surface area contributed by atoms with Crippen LogP contribution in [-0.2, 0) is 19.6 Å². The van der Waals surface area contributed by atoms with Crippen LogP contribution >= 0.6 is 36.4 Å². The third-order valence-electron chi connectivity index (χ3n) is 5.93. The second kappa shape index (κ2) is 11.5. The van der Waals surface area contributed by atoms with Crippen molar-refractivity contribution in [3.8, 4) is 0 Å². The molecule has 2 bridgehead atoms. The second-order valence-corrected chi connectivity index (χ2v) is 8.51. The maximum absolute atomic E-state index is 13.2. The average molecular weight is 475 g/mol. The number of aliphatic hydroxyl groups excluding tert-OH is 1. The number of aliphatic hydroxyl groups is 1. The lowest BCUT2D eigenvalue weighted by Crippen LogP contribution is -2.45. The molecule has 1 fully saturated rings. The lowest BCUT2D eigenvalue weighted by atomic mass is 9.84. The predicted molar refractivity (Wildman–Crippen MR) is 126 cm³/mol. The summed E-state index contributed by atoms with van der Waals surface area (Å²) in [6, 6.07) is 12.0. The van der Waals surface area contributed by atoms with E-state index in [4.69, 9.17) is 11.6 Å². The number of halogens is 3. The molecule has 8 heteroatoms. The molecule has 166 valence electrons.